The van der Waals surface area contributed by atoms with Crippen LogP contribution in [0.25, 0.3) is 0 Å². The molecular formula is C56H74Br2F6N6O6. The summed E-state index contributed by atoms with van der Waals surface area (Å²) in [6.45, 7) is 20.2. The summed E-state index contributed by atoms with van der Waals surface area (Å²) in [6.07, 6.45) is -1.04. The molecule has 2 fully saturated rings. The number of rotatable bonds is 13. The lowest BCUT2D eigenvalue weighted by Crippen LogP contribution is -3.00. The topological polar surface area (TPSA) is 134 Å². The van der Waals surface area contributed by atoms with Crippen LogP contribution in [0.15, 0.2) is 110 Å². The van der Waals surface area contributed by atoms with Crippen molar-refractivity contribution in [1.29, 1.82) is 0 Å². The molecule has 2 saturated heterocycles. The maximum absolute atomic E-state index is 13.1. The molecule has 4 heterocycles. The van der Waals surface area contributed by atoms with E-state index in [9.17, 15) is 45.5 Å². The third kappa shape index (κ3) is 21.6. The molecule has 20 heteroatoms. The first-order valence-corrected chi connectivity index (χ1v) is 26.2. The predicted octanol–water partition coefficient (Wildman–Crippen LogP) is 9.76. The lowest BCUT2D eigenvalue weighted by molar-refractivity contribution is -0.688. The smallest absolute Gasteiger partial charge is 0.471 e. The fourth-order valence-corrected chi connectivity index (χ4v) is 9.50. The van der Waals surface area contributed by atoms with Gasteiger partial charge in [-0.25, -0.2) is 14.2 Å². The SMILES string of the molecule is BrCc1ccccc1.CC(C)(C)OC(=O)N1C[C@@H](CCC(NC(=O)C(F)(F)F)c2cc[n+](Cc3ccccc3)cc2)CC1(C)C.CC(C)(C)OC(=O)N1C[C@@H](CCC(NC(=O)C(F)(F)F)c2ccncc2)CC1(C)C.[Br-]. The Labute approximate surface area is 463 Å². The molecule has 4 aromatic rings. The molecule has 0 radical (unpaired) electrons. The molecule has 0 saturated carbocycles. The Morgan fingerprint density at radius 3 is 1.34 bits per heavy atom. The van der Waals surface area contributed by atoms with Gasteiger partial charge in [-0.2, -0.15) is 26.3 Å². The number of amides is 4. The number of carbonyl (C=O) groups is 4. The van der Waals surface area contributed by atoms with Crippen molar-refractivity contribution in [1.82, 2.24) is 25.4 Å². The number of hydrogen-bond acceptors (Lipinski definition) is 7. The van der Waals surface area contributed by atoms with Crippen LogP contribution in [0.4, 0.5) is 35.9 Å². The quantitative estimate of drug-likeness (QED) is 0.0774. The molecule has 0 aliphatic carbocycles. The Bertz CT molecular complexity index is 2440. The van der Waals surface area contributed by atoms with Crippen LogP contribution in [-0.4, -0.2) is 86.5 Å². The highest BCUT2D eigenvalue weighted by atomic mass is 79.9. The van der Waals surface area contributed by atoms with Gasteiger partial charge in [-0.1, -0.05) is 76.6 Å². The van der Waals surface area contributed by atoms with Crippen LogP contribution in [0, 0.1) is 11.8 Å². The van der Waals surface area contributed by atoms with Crippen LogP contribution >= 0.6 is 15.9 Å². The Kier molecular flexibility index (Phi) is 23.9. The number of nitrogens with zero attached hydrogens (tertiary/aromatic N) is 4. The highest BCUT2D eigenvalue weighted by molar-refractivity contribution is 9.08. The van der Waals surface area contributed by atoms with E-state index in [0.717, 1.165) is 10.9 Å². The van der Waals surface area contributed by atoms with Crippen molar-refractivity contribution in [3.63, 3.8) is 0 Å². The normalized spacial score (nSPS) is 17.8. The molecule has 6 rings (SSSR count). The van der Waals surface area contributed by atoms with Crippen LogP contribution in [0.5, 0.6) is 0 Å². The van der Waals surface area contributed by atoms with Crippen molar-refractivity contribution < 1.29 is 76.5 Å². The lowest BCUT2D eigenvalue weighted by Gasteiger charge is -2.33. The van der Waals surface area contributed by atoms with Gasteiger partial charge in [0.25, 0.3) is 0 Å². The number of carbonyl (C=O) groups excluding carboxylic acids is 4. The number of likely N-dealkylation sites (tertiary alicyclic amines) is 2. The highest BCUT2D eigenvalue weighted by Crippen LogP contribution is 2.39. The molecule has 2 aromatic carbocycles. The molecule has 76 heavy (non-hydrogen) atoms. The van der Waals surface area contributed by atoms with E-state index in [1.54, 1.807) is 67.2 Å². The maximum Gasteiger partial charge on any atom is 0.471 e. The maximum atomic E-state index is 13.1. The summed E-state index contributed by atoms with van der Waals surface area (Å²) in [4.78, 5) is 55.8. The number of nitrogens with one attached hydrogen (secondary N) is 2. The first-order valence-electron chi connectivity index (χ1n) is 25.1. The first kappa shape index (κ1) is 65.0. The van der Waals surface area contributed by atoms with Gasteiger partial charge in [0, 0.05) is 59.6 Å². The summed E-state index contributed by atoms with van der Waals surface area (Å²) in [5, 5.41) is 5.21. The van der Waals surface area contributed by atoms with E-state index in [2.05, 4.69) is 43.7 Å². The molecular weight excluding hydrogens is 1130 g/mol. The Balaban J connectivity index is 0.000000349. The molecule has 0 bridgehead atoms. The summed E-state index contributed by atoms with van der Waals surface area (Å²) < 4.78 is 90.5. The average Bonchev–Trinajstić information content (AvgIpc) is 3.81. The van der Waals surface area contributed by atoms with Gasteiger partial charge in [-0.3, -0.25) is 14.6 Å². The second kappa shape index (κ2) is 27.9. The largest absolute Gasteiger partial charge is 1.00 e. The molecule has 4 atom stereocenters. The van der Waals surface area contributed by atoms with E-state index in [1.807, 2.05) is 102 Å². The highest BCUT2D eigenvalue weighted by Gasteiger charge is 2.46. The van der Waals surface area contributed by atoms with Crippen molar-refractivity contribution >= 4 is 39.9 Å². The minimum Gasteiger partial charge on any atom is -1.00 e. The van der Waals surface area contributed by atoms with Crippen molar-refractivity contribution in [2.75, 3.05) is 13.1 Å². The molecule has 2 unspecified atom stereocenters. The van der Waals surface area contributed by atoms with E-state index in [4.69, 9.17) is 9.47 Å². The fourth-order valence-electron chi connectivity index (χ4n) is 9.13. The molecule has 420 valence electrons. The summed E-state index contributed by atoms with van der Waals surface area (Å²) >= 11 is 3.36. The molecule has 4 amide bonds. The number of benzene rings is 2. The molecule has 2 aliphatic rings. The third-order valence-electron chi connectivity index (χ3n) is 12.6. The molecule has 2 aromatic heterocycles. The van der Waals surface area contributed by atoms with E-state index in [-0.39, 0.29) is 28.8 Å². The second-order valence-electron chi connectivity index (χ2n) is 22.3. The van der Waals surface area contributed by atoms with Gasteiger partial charge >= 0.3 is 36.4 Å². The number of pyridine rings is 2. The van der Waals surface area contributed by atoms with Crippen LogP contribution in [0.3, 0.4) is 0 Å². The number of halogens is 8. The number of aromatic nitrogens is 2. The molecule has 2 N–H and O–H groups in total. The van der Waals surface area contributed by atoms with Crippen molar-refractivity contribution in [3.8, 4) is 0 Å². The Morgan fingerprint density at radius 1 is 0.632 bits per heavy atom. The van der Waals surface area contributed by atoms with Gasteiger partial charge < -0.3 is 46.9 Å². The number of alkyl halides is 7. The van der Waals surface area contributed by atoms with Crippen molar-refractivity contribution in [2.24, 2.45) is 11.8 Å². The van der Waals surface area contributed by atoms with Crippen molar-refractivity contribution in [3.05, 3.63) is 132 Å². The van der Waals surface area contributed by atoms with E-state index in [0.29, 0.717) is 69.3 Å². The van der Waals surface area contributed by atoms with Crippen LogP contribution < -0.4 is 32.2 Å². The van der Waals surface area contributed by atoms with Crippen LogP contribution in [-0.2, 0) is 30.9 Å². The first-order chi connectivity index (χ1) is 34.8. The van der Waals surface area contributed by atoms with Gasteiger partial charge in [0.05, 0.1) is 12.1 Å². The zero-order chi connectivity index (χ0) is 56.0. The van der Waals surface area contributed by atoms with Gasteiger partial charge in [-0.15, -0.1) is 0 Å². The monoisotopic (exact) mass is 1200 g/mol. The molecule has 2 aliphatic heterocycles. The van der Waals surface area contributed by atoms with Crippen molar-refractivity contribution in [2.45, 2.75) is 166 Å². The Morgan fingerprint density at radius 2 is 1.00 bits per heavy atom. The zero-order valence-electron chi connectivity index (χ0n) is 45.0. The summed E-state index contributed by atoms with van der Waals surface area (Å²) in [7, 11) is 0. The minimum absolute atomic E-state index is 0. The molecule has 0 spiro atoms. The van der Waals surface area contributed by atoms with Gasteiger partial charge in [-0.05, 0) is 148 Å². The predicted molar refractivity (Wildman–Crippen MR) is 278 cm³/mol. The van der Waals surface area contributed by atoms with E-state index >= 15 is 0 Å². The second-order valence-corrected chi connectivity index (χ2v) is 22.9. The van der Waals surface area contributed by atoms with E-state index in [1.165, 1.54) is 18.0 Å². The fraction of sp³-hybridized carbons (Fsp3) is 0.536. The third-order valence-corrected chi connectivity index (χ3v) is 13.3. The lowest BCUT2D eigenvalue weighted by atomic mass is 9.90. The number of hydrogen-bond donors (Lipinski definition) is 2. The summed E-state index contributed by atoms with van der Waals surface area (Å²) in [5.41, 5.74) is 1.49. The molecule has 12 nitrogen and oxygen atoms in total. The summed E-state index contributed by atoms with van der Waals surface area (Å²) in [5.74, 6) is -3.77. The van der Waals surface area contributed by atoms with Crippen LogP contribution in [0.2, 0.25) is 0 Å². The van der Waals surface area contributed by atoms with Crippen LogP contribution in [0.1, 0.15) is 142 Å². The van der Waals surface area contributed by atoms with Gasteiger partial charge in [0.15, 0.2) is 18.9 Å². The average molecular weight is 1200 g/mol. The van der Waals surface area contributed by atoms with E-state index < -0.39 is 70.7 Å². The van der Waals surface area contributed by atoms with Gasteiger partial charge in [0.2, 0.25) is 0 Å². The zero-order valence-corrected chi connectivity index (χ0v) is 48.2. The summed E-state index contributed by atoms with van der Waals surface area (Å²) in [6, 6.07) is 25.2. The standard InChI is InChI=1S/C28H36F3N3O3.C21H30F3N3O3.C7H7Br.BrH/c1-26(2,3)37-25(36)34-19-21(17-27(34,4)5)11-12-23(32-24(35)28(29,30)31)22-13-15-33(16-14-22)18-20-9-7-6-8-10-20;1-19(2,3)30-18(29)27-13-14(12-20(27,4)5)6-7-16(15-8-10-25-11-9-15)26-17(28)21(22,23)24;8-6-7-4-2-1-3-5-7;/h6-10,13-16,21,23H,11-12,17-19H2,1-5H3;8-11,14,16H,6-7,12-13H2,1-5H3,(H,26,28);1-5H,6H2;1H/t21-,23?;14-,16?;;/m00../s1. The number of ether oxygens (including phenoxy) is 2. The van der Waals surface area contributed by atoms with Gasteiger partial charge in [0.1, 0.15) is 11.2 Å². The Hall–Kier alpha value is -5.24. The minimum atomic E-state index is -4.97.